The van der Waals surface area contributed by atoms with Crippen LogP contribution in [0.3, 0.4) is 0 Å². The fourth-order valence-corrected chi connectivity index (χ4v) is 0.784. The van der Waals surface area contributed by atoms with Gasteiger partial charge in [-0.25, -0.2) is 0 Å². The van der Waals surface area contributed by atoms with Crippen LogP contribution in [-0.2, 0) is 0 Å². The van der Waals surface area contributed by atoms with Crippen molar-refractivity contribution in [3.05, 3.63) is 16.8 Å². The summed E-state index contributed by atoms with van der Waals surface area (Å²) in [6.45, 7) is 0. The summed E-state index contributed by atoms with van der Waals surface area (Å²) in [6, 6.07) is 0. The van der Waals surface area contributed by atoms with E-state index >= 15 is 0 Å². The molecule has 1 rings (SSSR count). The van der Waals surface area contributed by atoms with Crippen LogP contribution in [0.5, 0.6) is 5.88 Å². The number of nitrogens with zero attached hydrogens (tertiary/aromatic N) is 2. The van der Waals surface area contributed by atoms with Crippen molar-refractivity contribution in [2.45, 2.75) is 0 Å². The van der Waals surface area contributed by atoms with Crippen LogP contribution >= 0.6 is 11.6 Å². The molecule has 0 bridgehead atoms. The second kappa shape index (κ2) is 3.30. The second-order valence-corrected chi connectivity index (χ2v) is 2.14. The zero-order valence-electron chi connectivity index (χ0n) is 5.74. The van der Waals surface area contributed by atoms with Crippen LogP contribution in [0, 0.1) is 0 Å². The van der Waals surface area contributed by atoms with Gasteiger partial charge in [0.15, 0.2) is 6.29 Å². The summed E-state index contributed by atoms with van der Waals surface area (Å²) in [5.74, 6) is 0.146. The molecule has 0 fully saturated rings. The largest absolute Gasteiger partial charge is 0.479 e. The Balaban J connectivity index is 3.24. The number of halogens is 1. The molecule has 0 atom stereocenters. The monoisotopic (exact) mass is 172 g/mol. The van der Waals surface area contributed by atoms with E-state index < -0.39 is 0 Å². The topological polar surface area (TPSA) is 52.1 Å². The predicted molar refractivity (Wildman–Crippen MR) is 39.0 cm³/mol. The van der Waals surface area contributed by atoms with E-state index in [4.69, 9.17) is 16.3 Å². The normalized spacial score (nSPS) is 9.27. The molecule has 0 amide bonds. The van der Waals surface area contributed by atoms with Crippen molar-refractivity contribution < 1.29 is 9.53 Å². The number of aldehydes is 1. The van der Waals surface area contributed by atoms with E-state index in [1.807, 2.05) is 0 Å². The smallest absolute Gasteiger partial charge is 0.245 e. The van der Waals surface area contributed by atoms with Crippen molar-refractivity contribution in [1.82, 2.24) is 10.2 Å². The van der Waals surface area contributed by atoms with Gasteiger partial charge < -0.3 is 4.74 Å². The lowest BCUT2D eigenvalue weighted by Gasteiger charge is -2.00. The highest BCUT2D eigenvalue weighted by molar-refractivity contribution is 6.33. The third-order valence-electron chi connectivity index (χ3n) is 1.12. The summed E-state index contributed by atoms with van der Waals surface area (Å²) >= 11 is 5.59. The Labute approximate surface area is 68.1 Å². The van der Waals surface area contributed by atoms with Gasteiger partial charge in [0, 0.05) is 0 Å². The summed E-state index contributed by atoms with van der Waals surface area (Å²) in [5, 5.41) is 7.28. The molecule has 0 aromatic carbocycles. The summed E-state index contributed by atoms with van der Waals surface area (Å²) in [6.07, 6.45) is 1.86. The number of aromatic nitrogens is 2. The highest BCUT2D eigenvalue weighted by Gasteiger charge is 2.07. The fourth-order valence-electron chi connectivity index (χ4n) is 0.615. The Morgan fingerprint density at radius 1 is 1.73 bits per heavy atom. The minimum Gasteiger partial charge on any atom is -0.479 e. The molecule has 0 aliphatic heterocycles. The number of carbonyl (C=O) groups excluding carboxylic acids is 1. The molecule has 58 valence electrons. The minimum absolute atomic E-state index is 0.146. The van der Waals surface area contributed by atoms with E-state index in [1.165, 1.54) is 13.3 Å². The molecule has 5 heteroatoms. The van der Waals surface area contributed by atoms with Crippen molar-refractivity contribution >= 4 is 17.9 Å². The molecule has 0 N–H and O–H groups in total. The van der Waals surface area contributed by atoms with Gasteiger partial charge in [-0.15, -0.1) is 5.10 Å². The maximum absolute atomic E-state index is 10.4. The molecule has 0 aliphatic carbocycles. The first-order valence-corrected chi connectivity index (χ1v) is 3.17. The molecule has 0 saturated carbocycles. The first kappa shape index (κ1) is 7.94. The van der Waals surface area contributed by atoms with Crippen molar-refractivity contribution in [2.24, 2.45) is 0 Å². The number of hydrogen-bond acceptors (Lipinski definition) is 4. The maximum atomic E-state index is 10.4. The first-order chi connectivity index (χ1) is 5.29. The maximum Gasteiger partial charge on any atom is 0.245 e. The molecular weight excluding hydrogens is 168 g/mol. The molecule has 1 heterocycles. The summed E-state index contributed by atoms with van der Waals surface area (Å²) in [5.41, 5.74) is 0.226. The molecular formula is C6H5ClN2O2. The Hall–Kier alpha value is -1.16. The number of methoxy groups -OCH3 is 1. The van der Waals surface area contributed by atoms with Gasteiger partial charge >= 0.3 is 0 Å². The zero-order valence-corrected chi connectivity index (χ0v) is 6.50. The van der Waals surface area contributed by atoms with E-state index in [0.717, 1.165) is 0 Å². The van der Waals surface area contributed by atoms with Gasteiger partial charge in [0.05, 0.1) is 23.9 Å². The second-order valence-electron chi connectivity index (χ2n) is 1.73. The van der Waals surface area contributed by atoms with Crippen LogP contribution in [0.1, 0.15) is 10.4 Å². The standard InChI is InChI=1S/C6H5ClN2O2/c1-11-6-4(3-10)5(7)2-8-9-6/h2-3H,1H3. The summed E-state index contributed by atoms with van der Waals surface area (Å²) in [4.78, 5) is 10.4. The number of ether oxygens (including phenoxy) is 1. The van der Waals surface area contributed by atoms with Crippen LogP contribution in [0.15, 0.2) is 6.20 Å². The summed E-state index contributed by atoms with van der Waals surface area (Å²) < 4.78 is 4.73. The molecule has 0 spiro atoms. The third kappa shape index (κ3) is 1.46. The van der Waals surface area contributed by atoms with E-state index in [9.17, 15) is 4.79 Å². The molecule has 1 aromatic rings. The van der Waals surface area contributed by atoms with Gasteiger partial charge in [0.2, 0.25) is 5.88 Å². The molecule has 1 aromatic heterocycles. The van der Waals surface area contributed by atoms with Crippen LogP contribution in [0.2, 0.25) is 5.02 Å². The van der Waals surface area contributed by atoms with E-state index in [-0.39, 0.29) is 16.5 Å². The quantitative estimate of drug-likeness (QED) is 0.624. The van der Waals surface area contributed by atoms with Crippen LogP contribution < -0.4 is 4.74 Å². The average Bonchev–Trinajstić information content (AvgIpc) is 2.04. The van der Waals surface area contributed by atoms with Crippen LogP contribution in [0.4, 0.5) is 0 Å². The van der Waals surface area contributed by atoms with Gasteiger partial charge in [-0.1, -0.05) is 11.6 Å². The third-order valence-corrected chi connectivity index (χ3v) is 1.42. The highest BCUT2D eigenvalue weighted by atomic mass is 35.5. The van der Waals surface area contributed by atoms with E-state index in [1.54, 1.807) is 0 Å². The van der Waals surface area contributed by atoms with Crippen molar-refractivity contribution in [3.8, 4) is 5.88 Å². The molecule has 11 heavy (non-hydrogen) atoms. The lowest BCUT2D eigenvalue weighted by Crippen LogP contribution is -1.96. The molecule has 0 aliphatic rings. The molecule has 0 radical (unpaired) electrons. The molecule has 0 unspecified atom stereocenters. The number of hydrogen-bond donors (Lipinski definition) is 0. The van der Waals surface area contributed by atoms with Crippen LogP contribution in [0.25, 0.3) is 0 Å². The van der Waals surface area contributed by atoms with Crippen molar-refractivity contribution in [2.75, 3.05) is 7.11 Å². The summed E-state index contributed by atoms with van der Waals surface area (Å²) in [7, 11) is 1.40. The van der Waals surface area contributed by atoms with Gasteiger partial charge in [-0.2, -0.15) is 5.10 Å². The Bertz CT molecular complexity index is 277. The van der Waals surface area contributed by atoms with Gasteiger partial charge in [-0.3, -0.25) is 4.79 Å². The lowest BCUT2D eigenvalue weighted by molar-refractivity contribution is 0.111. The SMILES string of the molecule is COc1nncc(Cl)c1C=O. The fraction of sp³-hybridized carbons (Fsp3) is 0.167. The Morgan fingerprint density at radius 3 is 2.91 bits per heavy atom. The predicted octanol–water partition coefficient (Wildman–Crippen LogP) is 0.951. The average molecular weight is 173 g/mol. The number of rotatable bonds is 2. The molecule has 4 nitrogen and oxygen atoms in total. The Morgan fingerprint density at radius 2 is 2.45 bits per heavy atom. The van der Waals surface area contributed by atoms with Crippen LogP contribution in [-0.4, -0.2) is 23.6 Å². The highest BCUT2D eigenvalue weighted by Crippen LogP contribution is 2.19. The van der Waals surface area contributed by atoms with E-state index in [0.29, 0.717) is 6.29 Å². The minimum atomic E-state index is 0.146. The lowest BCUT2D eigenvalue weighted by atomic mass is 10.3. The van der Waals surface area contributed by atoms with E-state index in [2.05, 4.69) is 10.2 Å². The molecule has 0 saturated heterocycles. The number of carbonyl (C=O) groups is 1. The van der Waals surface area contributed by atoms with Crippen molar-refractivity contribution in [1.29, 1.82) is 0 Å². The van der Waals surface area contributed by atoms with Gasteiger partial charge in [-0.05, 0) is 0 Å². The van der Waals surface area contributed by atoms with Gasteiger partial charge in [0.25, 0.3) is 0 Å². The van der Waals surface area contributed by atoms with Crippen molar-refractivity contribution in [3.63, 3.8) is 0 Å². The Kier molecular flexibility index (Phi) is 2.38. The first-order valence-electron chi connectivity index (χ1n) is 2.80. The zero-order chi connectivity index (χ0) is 8.27. The van der Waals surface area contributed by atoms with Gasteiger partial charge in [0.1, 0.15) is 0 Å².